The number of likely N-dealkylation sites (tertiary alicyclic amines) is 1. The zero-order valence-electron chi connectivity index (χ0n) is 13.5. The van der Waals surface area contributed by atoms with Gasteiger partial charge in [-0.3, -0.25) is 9.46 Å². The average Bonchev–Trinajstić information content (AvgIpc) is 2.62. The Kier molecular flexibility index (Phi) is 9.03. The summed E-state index contributed by atoms with van der Waals surface area (Å²) >= 11 is 0. The molecule has 1 saturated heterocycles. The molecule has 0 aromatic carbocycles. The zero-order chi connectivity index (χ0) is 14.8. The molecule has 0 radical (unpaired) electrons. The first-order chi connectivity index (χ1) is 9.65. The highest BCUT2D eigenvalue weighted by Gasteiger charge is 2.32. The molecule has 1 aliphatic rings. The lowest BCUT2D eigenvalue weighted by Gasteiger charge is -2.32. The Morgan fingerprint density at radius 2 is 1.80 bits per heavy atom. The van der Waals surface area contributed by atoms with Crippen LogP contribution >= 0.6 is 7.60 Å². The van der Waals surface area contributed by atoms with E-state index in [1.54, 1.807) is 0 Å². The van der Waals surface area contributed by atoms with Gasteiger partial charge in [-0.05, 0) is 46.2 Å². The third kappa shape index (κ3) is 6.26. The monoisotopic (exact) mass is 305 g/mol. The van der Waals surface area contributed by atoms with Gasteiger partial charge in [-0.1, -0.05) is 26.2 Å². The van der Waals surface area contributed by atoms with Crippen molar-refractivity contribution in [2.45, 2.75) is 65.3 Å². The summed E-state index contributed by atoms with van der Waals surface area (Å²) in [5.74, 6) is 0. The maximum Gasteiger partial charge on any atom is 0.332 e. The van der Waals surface area contributed by atoms with E-state index in [9.17, 15) is 4.57 Å². The van der Waals surface area contributed by atoms with Crippen molar-refractivity contribution in [2.24, 2.45) is 0 Å². The van der Waals surface area contributed by atoms with Gasteiger partial charge in [-0.2, -0.15) is 0 Å². The molecule has 1 aliphatic heterocycles. The Morgan fingerprint density at radius 3 is 2.40 bits per heavy atom. The Labute approximate surface area is 124 Å². The first-order valence-electron chi connectivity index (χ1n) is 8.27. The van der Waals surface area contributed by atoms with Crippen LogP contribution in [0.4, 0.5) is 0 Å². The second-order valence-electron chi connectivity index (χ2n) is 5.52. The molecule has 20 heavy (non-hydrogen) atoms. The van der Waals surface area contributed by atoms with E-state index in [0.29, 0.717) is 25.4 Å². The lowest BCUT2D eigenvalue weighted by Crippen LogP contribution is -2.38. The van der Waals surface area contributed by atoms with Crippen LogP contribution in [0.15, 0.2) is 0 Å². The largest absolute Gasteiger partial charge is 0.332 e. The summed E-state index contributed by atoms with van der Waals surface area (Å²) < 4.78 is 23.7. The summed E-state index contributed by atoms with van der Waals surface area (Å²) in [6, 6.07) is 0.355. The molecule has 1 atom stereocenters. The Hall–Kier alpha value is 0.110. The molecule has 0 saturated carbocycles. The molecule has 0 N–H and O–H groups in total. The van der Waals surface area contributed by atoms with Gasteiger partial charge in [0, 0.05) is 6.04 Å². The zero-order valence-corrected chi connectivity index (χ0v) is 14.4. The minimum Gasteiger partial charge on any atom is -0.309 e. The van der Waals surface area contributed by atoms with Crippen molar-refractivity contribution in [3.63, 3.8) is 0 Å². The van der Waals surface area contributed by atoms with Crippen LogP contribution in [0.5, 0.6) is 0 Å². The molecule has 0 aromatic heterocycles. The molecule has 0 aliphatic carbocycles. The molecule has 120 valence electrons. The number of hydrogen-bond acceptors (Lipinski definition) is 4. The second-order valence-corrected chi connectivity index (χ2v) is 7.63. The molecule has 4 nitrogen and oxygen atoms in total. The van der Waals surface area contributed by atoms with Gasteiger partial charge >= 0.3 is 7.60 Å². The molecular formula is C15H32NO3P. The van der Waals surface area contributed by atoms with Crippen molar-refractivity contribution in [1.29, 1.82) is 0 Å². The molecule has 0 aromatic rings. The van der Waals surface area contributed by atoms with Crippen LogP contribution in [0.3, 0.4) is 0 Å². The quantitative estimate of drug-likeness (QED) is 0.595. The second kappa shape index (κ2) is 9.94. The standard InChI is InChI=1S/C15H32NO3P/c1-4-7-12-16-13-10-8-9-11-15(16)14-20(17,18-5-2)19-6-3/h15H,4-14H2,1-3H3. The van der Waals surface area contributed by atoms with E-state index < -0.39 is 7.60 Å². The van der Waals surface area contributed by atoms with Crippen molar-refractivity contribution >= 4 is 7.60 Å². The molecular weight excluding hydrogens is 273 g/mol. The van der Waals surface area contributed by atoms with Crippen LogP contribution in [0, 0.1) is 0 Å². The molecule has 1 unspecified atom stereocenters. The van der Waals surface area contributed by atoms with Crippen LogP contribution in [-0.4, -0.2) is 43.4 Å². The van der Waals surface area contributed by atoms with Gasteiger partial charge in [-0.25, -0.2) is 0 Å². The number of hydrogen-bond donors (Lipinski definition) is 0. The van der Waals surface area contributed by atoms with Gasteiger partial charge in [0.1, 0.15) is 0 Å². The van der Waals surface area contributed by atoms with E-state index in [1.165, 1.54) is 32.1 Å². The van der Waals surface area contributed by atoms with E-state index >= 15 is 0 Å². The van der Waals surface area contributed by atoms with Gasteiger partial charge in [0.25, 0.3) is 0 Å². The summed E-state index contributed by atoms with van der Waals surface area (Å²) in [6.45, 7) is 9.14. The molecule has 0 amide bonds. The molecule has 1 fully saturated rings. The van der Waals surface area contributed by atoms with Gasteiger partial charge < -0.3 is 9.05 Å². The van der Waals surface area contributed by atoms with E-state index in [4.69, 9.17) is 9.05 Å². The minimum atomic E-state index is -2.92. The highest BCUT2D eigenvalue weighted by atomic mass is 31.2. The highest BCUT2D eigenvalue weighted by Crippen LogP contribution is 2.49. The molecule has 0 bridgehead atoms. The van der Waals surface area contributed by atoms with Crippen LogP contribution in [0.1, 0.15) is 59.3 Å². The fourth-order valence-corrected chi connectivity index (χ4v) is 4.90. The minimum absolute atomic E-state index is 0.355. The highest BCUT2D eigenvalue weighted by molar-refractivity contribution is 7.53. The Balaban J connectivity index is 2.68. The van der Waals surface area contributed by atoms with Gasteiger partial charge in [0.2, 0.25) is 0 Å². The molecule has 0 spiro atoms. The van der Waals surface area contributed by atoms with Gasteiger partial charge in [0.05, 0.1) is 19.4 Å². The summed E-state index contributed by atoms with van der Waals surface area (Å²) in [6.07, 6.45) is 7.86. The summed E-state index contributed by atoms with van der Waals surface area (Å²) in [5, 5.41) is 0. The van der Waals surface area contributed by atoms with Crippen LogP contribution < -0.4 is 0 Å². The van der Waals surface area contributed by atoms with Crippen molar-refractivity contribution in [1.82, 2.24) is 4.90 Å². The fourth-order valence-electron chi connectivity index (χ4n) is 2.89. The van der Waals surface area contributed by atoms with Crippen molar-refractivity contribution in [3.05, 3.63) is 0 Å². The normalized spacial score (nSPS) is 21.9. The lowest BCUT2D eigenvalue weighted by molar-refractivity contribution is 0.182. The smallest absolute Gasteiger partial charge is 0.309 e. The number of unbranched alkanes of at least 4 members (excludes halogenated alkanes) is 1. The van der Waals surface area contributed by atoms with Gasteiger partial charge in [0.15, 0.2) is 0 Å². The third-order valence-electron chi connectivity index (χ3n) is 3.88. The van der Waals surface area contributed by atoms with E-state index in [1.807, 2.05) is 13.8 Å². The average molecular weight is 305 g/mol. The van der Waals surface area contributed by atoms with E-state index in [2.05, 4.69) is 11.8 Å². The molecule has 1 rings (SSSR count). The number of rotatable bonds is 9. The van der Waals surface area contributed by atoms with Crippen LogP contribution in [0.25, 0.3) is 0 Å². The maximum atomic E-state index is 12.7. The van der Waals surface area contributed by atoms with E-state index in [-0.39, 0.29) is 0 Å². The Bertz CT molecular complexity index is 289. The SMILES string of the molecule is CCCCN1CCCCCC1CP(=O)(OCC)OCC. The first-order valence-corrected chi connectivity index (χ1v) is 10.00. The van der Waals surface area contributed by atoms with Crippen LogP contribution in [0.2, 0.25) is 0 Å². The van der Waals surface area contributed by atoms with Gasteiger partial charge in [-0.15, -0.1) is 0 Å². The predicted octanol–water partition coefficient (Wildman–Crippen LogP) is 4.30. The van der Waals surface area contributed by atoms with Crippen molar-refractivity contribution in [3.8, 4) is 0 Å². The fraction of sp³-hybridized carbons (Fsp3) is 1.00. The summed E-state index contributed by atoms with van der Waals surface area (Å²) in [4.78, 5) is 2.52. The number of nitrogens with zero attached hydrogens (tertiary/aromatic N) is 1. The van der Waals surface area contributed by atoms with Crippen molar-refractivity contribution in [2.75, 3.05) is 32.5 Å². The predicted molar refractivity (Wildman–Crippen MR) is 84.5 cm³/mol. The topological polar surface area (TPSA) is 38.8 Å². The van der Waals surface area contributed by atoms with E-state index in [0.717, 1.165) is 19.5 Å². The lowest BCUT2D eigenvalue weighted by atomic mass is 10.1. The van der Waals surface area contributed by atoms with Crippen LogP contribution in [-0.2, 0) is 13.6 Å². The summed E-state index contributed by atoms with van der Waals surface area (Å²) in [5.41, 5.74) is 0. The summed E-state index contributed by atoms with van der Waals surface area (Å²) in [7, 11) is -2.92. The maximum absolute atomic E-state index is 12.7. The first kappa shape index (κ1) is 18.2. The molecule has 5 heteroatoms. The Morgan fingerprint density at radius 1 is 1.10 bits per heavy atom. The molecule has 1 heterocycles. The third-order valence-corrected chi connectivity index (χ3v) is 6.06. The van der Waals surface area contributed by atoms with Crippen molar-refractivity contribution < 1.29 is 13.6 Å².